The van der Waals surface area contributed by atoms with Crippen LogP contribution in [0, 0.1) is 0 Å². The van der Waals surface area contributed by atoms with E-state index in [2.05, 4.69) is 11.1 Å². The van der Waals surface area contributed by atoms with Gasteiger partial charge in [-0.15, -0.1) is 0 Å². The quantitative estimate of drug-likeness (QED) is 0.760. The van der Waals surface area contributed by atoms with Gasteiger partial charge in [0, 0.05) is 17.3 Å². The van der Waals surface area contributed by atoms with Crippen molar-refractivity contribution in [2.75, 3.05) is 13.2 Å². The van der Waals surface area contributed by atoms with Gasteiger partial charge >= 0.3 is 5.97 Å². The monoisotopic (exact) mass is 383 g/mol. The molecule has 4 N–H and O–H groups in total. The Kier molecular flexibility index (Phi) is 6.39. The zero-order valence-corrected chi connectivity index (χ0v) is 16.7. The maximum absolute atomic E-state index is 13.0. The number of esters is 1. The molecule has 0 fully saturated rings. The molecule has 1 atom stereocenters. The first-order chi connectivity index (χ1) is 13.6. The molecule has 1 aromatic carbocycles. The third kappa shape index (κ3) is 3.77. The molecule has 0 saturated carbocycles. The van der Waals surface area contributed by atoms with E-state index in [9.17, 15) is 4.79 Å². The molecular weight excluding hydrogens is 354 g/mol. The Labute approximate surface area is 166 Å². The molecule has 0 spiro atoms. The highest BCUT2D eigenvalue weighted by Gasteiger charge is 2.37. The Hall–Kier alpha value is -2.76. The van der Waals surface area contributed by atoms with Crippen LogP contribution in [-0.2, 0) is 16.0 Å². The molecule has 28 heavy (non-hydrogen) atoms. The van der Waals surface area contributed by atoms with Gasteiger partial charge in [-0.1, -0.05) is 31.5 Å². The molecule has 0 radical (unpaired) electrons. The number of amidine groups is 1. The number of hydrogen-bond donors (Lipinski definition) is 2. The van der Waals surface area contributed by atoms with Crippen molar-refractivity contribution in [3.05, 3.63) is 52.4 Å². The van der Waals surface area contributed by atoms with Gasteiger partial charge in [0.05, 0.1) is 30.4 Å². The molecule has 2 heterocycles. The third-order valence-electron chi connectivity index (χ3n) is 5.15. The fourth-order valence-electron chi connectivity index (χ4n) is 3.91. The summed E-state index contributed by atoms with van der Waals surface area (Å²) in [6, 6.07) is 6.07. The Morgan fingerprint density at radius 2 is 2.18 bits per heavy atom. The fourth-order valence-corrected chi connectivity index (χ4v) is 3.91. The average molecular weight is 383 g/mol. The van der Waals surface area contributed by atoms with Crippen molar-refractivity contribution in [2.24, 2.45) is 16.5 Å². The van der Waals surface area contributed by atoms with Crippen LogP contribution >= 0.6 is 0 Å². The minimum Gasteiger partial charge on any atom is -0.493 e. The number of aryl methyl sites for hydroxylation is 1. The van der Waals surface area contributed by atoms with Gasteiger partial charge in [-0.2, -0.15) is 0 Å². The van der Waals surface area contributed by atoms with E-state index in [1.165, 1.54) is 6.20 Å². The molecule has 150 valence electrons. The van der Waals surface area contributed by atoms with Gasteiger partial charge in [0.15, 0.2) is 0 Å². The minimum atomic E-state index is -0.448. The number of fused-ring (bicyclic) bond motifs is 1. The summed E-state index contributed by atoms with van der Waals surface area (Å²) in [7, 11) is 0. The summed E-state index contributed by atoms with van der Waals surface area (Å²) < 4.78 is 11.5. The van der Waals surface area contributed by atoms with Crippen LogP contribution in [0.3, 0.4) is 0 Å². The normalized spacial score (nSPS) is 20.9. The first-order valence-corrected chi connectivity index (χ1v) is 10.0. The molecule has 1 aromatic rings. The van der Waals surface area contributed by atoms with Crippen LogP contribution in [0.1, 0.15) is 56.6 Å². The minimum absolute atomic E-state index is 0.290. The van der Waals surface area contributed by atoms with Crippen molar-refractivity contribution < 1.29 is 14.3 Å². The first-order valence-electron chi connectivity index (χ1n) is 10.0. The van der Waals surface area contributed by atoms with E-state index in [0.29, 0.717) is 42.3 Å². The van der Waals surface area contributed by atoms with Gasteiger partial charge in [0.2, 0.25) is 0 Å². The second-order valence-corrected chi connectivity index (χ2v) is 7.02. The molecule has 6 nitrogen and oxygen atoms in total. The molecule has 3 rings (SSSR count). The summed E-state index contributed by atoms with van der Waals surface area (Å²) in [5.74, 6) is 0.348. The van der Waals surface area contributed by atoms with Crippen molar-refractivity contribution in [1.29, 1.82) is 0 Å². The Morgan fingerprint density at radius 3 is 2.89 bits per heavy atom. The highest BCUT2D eigenvalue weighted by Crippen LogP contribution is 2.44. The van der Waals surface area contributed by atoms with Gasteiger partial charge in [-0.25, -0.2) is 9.79 Å². The van der Waals surface area contributed by atoms with E-state index in [1.807, 2.05) is 19.1 Å². The van der Waals surface area contributed by atoms with Gasteiger partial charge in [-0.3, -0.25) is 0 Å². The summed E-state index contributed by atoms with van der Waals surface area (Å²) >= 11 is 0. The molecule has 0 saturated heterocycles. The summed E-state index contributed by atoms with van der Waals surface area (Å²) in [6.45, 7) is 4.79. The smallest absolute Gasteiger partial charge is 0.336 e. The summed E-state index contributed by atoms with van der Waals surface area (Å²) in [4.78, 5) is 17.5. The van der Waals surface area contributed by atoms with Gasteiger partial charge in [-0.05, 0) is 38.2 Å². The number of nitrogens with two attached hydrogens (primary N) is 2. The lowest BCUT2D eigenvalue weighted by molar-refractivity contribution is -0.138. The molecule has 0 amide bonds. The Morgan fingerprint density at radius 1 is 1.36 bits per heavy atom. The highest BCUT2D eigenvalue weighted by atomic mass is 16.5. The Bertz CT molecular complexity index is 839. The topological polar surface area (TPSA) is 99.9 Å². The standard InChI is InChI=1S/C22H29N3O3/c1-3-8-17-19(22(26)27-4-2)18(16(13-23)21(24)25-17)15-11-7-10-14-9-5-6-12-28-20(14)15/h7,10-11,13,18H,3-6,8-9,12,23H2,1-2H3,(H2,24,25)/b16-13-. The Balaban J connectivity index is 2.23. The fraction of sp³-hybridized carbons (Fsp3) is 0.455. The maximum atomic E-state index is 13.0. The lowest BCUT2D eigenvalue weighted by Gasteiger charge is -2.29. The van der Waals surface area contributed by atoms with E-state index in [-0.39, 0.29) is 5.97 Å². The highest BCUT2D eigenvalue weighted by molar-refractivity contribution is 6.06. The third-order valence-corrected chi connectivity index (χ3v) is 5.15. The average Bonchev–Trinajstić information content (AvgIpc) is 2.93. The number of aliphatic imine (C=N–C) groups is 1. The largest absolute Gasteiger partial charge is 0.493 e. The van der Waals surface area contributed by atoms with Crippen LogP contribution in [-0.4, -0.2) is 25.0 Å². The van der Waals surface area contributed by atoms with Gasteiger partial charge in [0.25, 0.3) is 0 Å². The first kappa shape index (κ1) is 20.0. The van der Waals surface area contributed by atoms with E-state index in [4.69, 9.17) is 20.9 Å². The lowest BCUT2D eigenvalue weighted by atomic mass is 9.79. The summed E-state index contributed by atoms with van der Waals surface area (Å²) in [5, 5.41) is 0. The molecule has 1 unspecified atom stereocenters. The van der Waals surface area contributed by atoms with E-state index >= 15 is 0 Å². The van der Waals surface area contributed by atoms with Crippen LogP contribution in [0.2, 0.25) is 0 Å². The van der Waals surface area contributed by atoms with Crippen LogP contribution in [0.5, 0.6) is 5.75 Å². The van der Waals surface area contributed by atoms with Crippen molar-refractivity contribution in [1.82, 2.24) is 0 Å². The van der Waals surface area contributed by atoms with Crippen LogP contribution in [0.4, 0.5) is 0 Å². The molecular formula is C22H29N3O3. The molecule has 2 aliphatic heterocycles. The number of benzene rings is 1. The van der Waals surface area contributed by atoms with Crippen molar-refractivity contribution in [3.8, 4) is 5.75 Å². The number of para-hydroxylation sites is 1. The van der Waals surface area contributed by atoms with E-state index < -0.39 is 5.92 Å². The SMILES string of the molecule is CCCC1=C(C(=O)OCC)C(c2cccc3c2OCCCC3)/C(=C/N)C(N)=N1. The van der Waals surface area contributed by atoms with Crippen LogP contribution in [0.15, 0.2) is 46.2 Å². The molecule has 0 bridgehead atoms. The van der Waals surface area contributed by atoms with Crippen molar-refractivity contribution in [3.63, 3.8) is 0 Å². The second kappa shape index (κ2) is 8.95. The zero-order valence-electron chi connectivity index (χ0n) is 16.7. The predicted octanol–water partition coefficient (Wildman–Crippen LogP) is 3.32. The number of carbonyl (C=O) groups excluding carboxylic acids is 1. The number of ether oxygens (including phenoxy) is 2. The van der Waals surface area contributed by atoms with Gasteiger partial charge < -0.3 is 20.9 Å². The zero-order chi connectivity index (χ0) is 20.1. The predicted molar refractivity (Wildman–Crippen MR) is 110 cm³/mol. The summed E-state index contributed by atoms with van der Waals surface area (Å²) in [5.41, 5.74) is 16.0. The number of nitrogens with zero attached hydrogens (tertiary/aromatic N) is 1. The maximum Gasteiger partial charge on any atom is 0.336 e. The van der Waals surface area contributed by atoms with Crippen LogP contribution < -0.4 is 16.2 Å². The molecule has 6 heteroatoms. The van der Waals surface area contributed by atoms with Gasteiger partial charge in [0.1, 0.15) is 11.6 Å². The van der Waals surface area contributed by atoms with Crippen LogP contribution in [0.25, 0.3) is 0 Å². The van der Waals surface area contributed by atoms with E-state index in [1.54, 1.807) is 6.92 Å². The number of rotatable bonds is 5. The van der Waals surface area contributed by atoms with Crippen molar-refractivity contribution >= 4 is 11.8 Å². The molecule has 0 aliphatic carbocycles. The van der Waals surface area contributed by atoms with Crippen molar-refractivity contribution in [2.45, 2.75) is 51.9 Å². The number of carbonyl (C=O) groups is 1. The van der Waals surface area contributed by atoms with E-state index in [0.717, 1.165) is 42.6 Å². The second-order valence-electron chi connectivity index (χ2n) is 7.02. The molecule has 0 aromatic heterocycles. The number of allylic oxidation sites excluding steroid dienone is 1. The number of hydrogen-bond acceptors (Lipinski definition) is 6. The lowest BCUT2D eigenvalue weighted by Crippen LogP contribution is -2.30. The molecule has 2 aliphatic rings. The summed E-state index contributed by atoms with van der Waals surface area (Å²) in [6.07, 6.45) is 5.95.